The Morgan fingerprint density at radius 1 is 1.08 bits per heavy atom. The average molecular weight is 327 g/mol. The van der Waals surface area contributed by atoms with E-state index in [0.717, 1.165) is 5.56 Å². The zero-order valence-electron chi connectivity index (χ0n) is 13.1. The van der Waals surface area contributed by atoms with Gasteiger partial charge in [0, 0.05) is 16.9 Å². The molecule has 0 atom stereocenters. The van der Waals surface area contributed by atoms with Crippen LogP contribution in [-0.4, -0.2) is 25.2 Å². The number of nitrogens with one attached hydrogen (secondary N) is 2. The van der Waals surface area contributed by atoms with Gasteiger partial charge in [-0.05, 0) is 42.8 Å². The van der Waals surface area contributed by atoms with Crippen LogP contribution in [0, 0.1) is 6.92 Å². The van der Waals surface area contributed by atoms with Gasteiger partial charge in [-0.25, -0.2) is 0 Å². The topological polar surface area (TPSA) is 103 Å². The fourth-order valence-corrected chi connectivity index (χ4v) is 2.28. The van der Waals surface area contributed by atoms with Crippen molar-refractivity contribution in [1.82, 2.24) is 0 Å². The molecule has 0 saturated heterocycles. The number of benzene rings is 2. The Balaban J connectivity index is 1.78. The van der Waals surface area contributed by atoms with Crippen LogP contribution in [0.5, 0.6) is 11.5 Å². The Hall–Kier alpha value is -3.06. The quantitative estimate of drug-likeness (QED) is 0.795. The van der Waals surface area contributed by atoms with E-state index in [2.05, 4.69) is 10.6 Å². The molecule has 1 heterocycles. The molecule has 0 radical (unpaired) electrons. The van der Waals surface area contributed by atoms with Crippen molar-refractivity contribution in [1.29, 1.82) is 0 Å². The van der Waals surface area contributed by atoms with Crippen LogP contribution < -0.4 is 25.8 Å². The fourth-order valence-electron chi connectivity index (χ4n) is 2.28. The molecule has 1 aliphatic rings. The van der Waals surface area contributed by atoms with Crippen molar-refractivity contribution >= 4 is 23.2 Å². The van der Waals surface area contributed by atoms with Crippen molar-refractivity contribution < 1.29 is 19.1 Å². The van der Waals surface area contributed by atoms with Crippen LogP contribution in [0.2, 0.25) is 0 Å². The van der Waals surface area contributed by atoms with E-state index >= 15 is 0 Å². The molecule has 0 aromatic heterocycles. The summed E-state index contributed by atoms with van der Waals surface area (Å²) >= 11 is 0. The number of ether oxygens (including phenoxy) is 2. The number of amides is 2. The van der Waals surface area contributed by atoms with Crippen LogP contribution in [0.1, 0.15) is 15.9 Å². The lowest BCUT2D eigenvalue weighted by Gasteiger charge is -2.11. The largest absolute Gasteiger partial charge is 0.454 e. The molecule has 0 unspecified atom stereocenters. The maximum atomic E-state index is 12.4. The summed E-state index contributed by atoms with van der Waals surface area (Å²) in [6.45, 7) is 1.92. The van der Waals surface area contributed by atoms with Crippen LogP contribution in [-0.2, 0) is 4.79 Å². The van der Waals surface area contributed by atoms with E-state index in [0.29, 0.717) is 28.4 Å². The zero-order valence-corrected chi connectivity index (χ0v) is 13.1. The molecule has 2 amide bonds. The molecule has 0 bridgehead atoms. The molecular weight excluding hydrogens is 310 g/mol. The van der Waals surface area contributed by atoms with Gasteiger partial charge in [-0.1, -0.05) is 6.07 Å². The van der Waals surface area contributed by atoms with Crippen LogP contribution in [0.4, 0.5) is 11.4 Å². The number of rotatable bonds is 4. The standard InChI is InChI=1S/C17H17N3O4/c1-10-2-4-12(19-16(21)8-18)7-13(10)20-17(22)11-3-5-14-15(6-11)24-9-23-14/h2-7H,8-9,18H2,1H3,(H,19,21)(H,20,22). The molecule has 7 heteroatoms. The van der Waals surface area contributed by atoms with Crippen LogP contribution in [0.25, 0.3) is 0 Å². The molecule has 2 aromatic rings. The highest BCUT2D eigenvalue weighted by Crippen LogP contribution is 2.32. The second-order valence-electron chi connectivity index (χ2n) is 5.30. The fraction of sp³-hybridized carbons (Fsp3) is 0.176. The smallest absolute Gasteiger partial charge is 0.255 e. The third-order valence-electron chi connectivity index (χ3n) is 3.59. The van der Waals surface area contributed by atoms with Gasteiger partial charge in [0.25, 0.3) is 5.91 Å². The van der Waals surface area contributed by atoms with Gasteiger partial charge < -0.3 is 25.8 Å². The molecule has 0 saturated carbocycles. The Labute approximate surface area is 138 Å². The molecule has 0 fully saturated rings. The lowest BCUT2D eigenvalue weighted by Crippen LogP contribution is -2.22. The third kappa shape index (κ3) is 3.31. The summed E-state index contributed by atoms with van der Waals surface area (Å²) in [6.07, 6.45) is 0. The van der Waals surface area contributed by atoms with E-state index in [-0.39, 0.29) is 25.2 Å². The summed E-state index contributed by atoms with van der Waals surface area (Å²) in [7, 11) is 0. The zero-order chi connectivity index (χ0) is 17.1. The van der Waals surface area contributed by atoms with Crippen LogP contribution in [0.15, 0.2) is 36.4 Å². The van der Waals surface area contributed by atoms with Gasteiger partial charge in [-0.3, -0.25) is 9.59 Å². The van der Waals surface area contributed by atoms with Crippen molar-refractivity contribution in [2.45, 2.75) is 6.92 Å². The van der Waals surface area contributed by atoms with Crippen molar-refractivity contribution in [2.24, 2.45) is 5.73 Å². The average Bonchev–Trinajstić information content (AvgIpc) is 3.05. The number of aryl methyl sites for hydroxylation is 1. The first kappa shape index (κ1) is 15.8. The van der Waals surface area contributed by atoms with E-state index in [9.17, 15) is 9.59 Å². The Morgan fingerprint density at radius 3 is 2.67 bits per heavy atom. The first-order chi connectivity index (χ1) is 11.6. The third-order valence-corrected chi connectivity index (χ3v) is 3.59. The SMILES string of the molecule is Cc1ccc(NC(=O)CN)cc1NC(=O)c1ccc2c(c1)OCO2. The van der Waals surface area contributed by atoms with Crippen LogP contribution in [0.3, 0.4) is 0 Å². The molecule has 24 heavy (non-hydrogen) atoms. The number of carbonyl (C=O) groups excluding carboxylic acids is 2. The minimum atomic E-state index is -0.299. The van der Waals surface area contributed by atoms with Crippen molar-refractivity contribution in [2.75, 3.05) is 24.0 Å². The monoisotopic (exact) mass is 327 g/mol. The second kappa shape index (κ2) is 6.59. The number of hydrogen-bond acceptors (Lipinski definition) is 5. The van der Waals surface area contributed by atoms with E-state index < -0.39 is 0 Å². The number of fused-ring (bicyclic) bond motifs is 1. The van der Waals surface area contributed by atoms with Crippen molar-refractivity contribution in [3.8, 4) is 11.5 Å². The highest BCUT2D eigenvalue weighted by molar-refractivity contribution is 6.05. The Kier molecular flexibility index (Phi) is 4.35. The summed E-state index contributed by atoms with van der Waals surface area (Å²) < 4.78 is 10.5. The van der Waals surface area contributed by atoms with Gasteiger partial charge in [0.2, 0.25) is 12.7 Å². The minimum absolute atomic E-state index is 0.104. The summed E-state index contributed by atoms with van der Waals surface area (Å²) in [6, 6.07) is 10.2. The predicted molar refractivity (Wildman–Crippen MR) is 89.4 cm³/mol. The van der Waals surface area contributed by atoms with Gasteiger partial charge in [-0.15, -0.1) is 0 Å². The summed E-state index contributed by atoms with van der Waals surface area (Å²) in [5, 5.41) is 5.49. The second-order valence-corrected chi connectivity index (χ2v) is 5.30. The van der Waals surface area contributed by atoms with Crippen LogP contribution >= 0.6 is 0 Å². The summed E-state index contributed by atoms with van der Waals surface area (Å²) in [5.41, 5.74) is 7.78. The highest BCUT2D eigenvalue weighted by atomic mass is 16.7. The molecule has 0 spiro atoms. The summed E-state index contributed by atoms with van der Waals surface area (Å²) in [5.74, 6) is 0.586. The van der Waals surface area contributed by atoms with E-state index in [1.54, 1.807) is 36.4 Å². The number of carbonyl (C=O) groups is 2. The molecular formula is C17H17N3O4. The first-order valence-electron chi connectivity index (χ1n) is 7.38. The van der Waals surface area contributed by atoms with Crippen molar-refractivity contribution in [3.05, 3.63) is 47.5 Å². The molecule has 2 aromatic carbocycles. The van der Waals surface area contributed by atoms with Gasteiger partial charge in [-0.2, -0.15) is 0 Å². The molecule has 7 nitrogen and oxygen atoms in total. The normalized spacial score (nSPS) is 11.9. The lowest BCUT2D eigenvalue weighted by molar-refractivity contribution is -0.114. The molecule has 3 rings (SSSR count). The Bertz CT molecular complexity index is 804. The van der Waals surface area contributed by atoms with Gasteiger partial charge in [0.15, 0.2) is 11.5 Å². The number of anilines is 2. The van der Waals surface area contributed by atoms with Gasteiger partial charge >= 0.3 is 0 Å². The van der Waals surface area contributed by atoms with E-state index in [1.807, 2.05) is 6.92 Å². The predicted octanol–water partition coefficient (Wildman–Crippen LogP) is 1.87. The first-order valence-corrected chi connectivity index (χ1v) is 7.38. The van der Waals surface area contributed by atoms with E-state index in [1.165, 1.54) is 0 Å². The highest BCUT2D eigenvalue weighted by Gasteiger charge is 2.16. The summed E-state index contributed by atoms with van der Waals surface area (Å²) in [4.78, 5) is 23.8. The van der Waals surface area contributed by atoms with Gasteiger partial charge in [0.1, 0.15) is 0 Å². The minimum Gasteiger partial charge on any atom is -0.454 e. The maximum absolute atomic E-state index is 12.4. The number of nitrogens with two attached hydrogens (primary N) is 1. The van der Waals surface area contributed by atoms with E-state index in [4.69, 9.17) is 15.2 Å². The molecule has 124 valence electrons. The number of hydrogen-bond donors (Lipinski definition) is 3. The van der Waals surface area contributed by atoms with Gasteiger partial charge in [0.05, 0.1) is 6.54 Å². The molecule has 0 aliphatic carbocycles. The Morgan fingerprint density at radius 2 is 1.88 bits per heavy atom. The lowest BCUT2D eigenvalue weighted by atomic mass is 10.1. The molecule has 1 aliphatic heterocycles. The van der Waals surface area contributed by atoms with Crippen molar-refractivity contribution in [3.63, 3.8) is 0 Å². The maximum Gasteiger partial charge on any atom is 0.255 e. The molecule has 4 N–H and O–H groups in total.